The van der Waals surface area contributed by atoms with Gasteiger partial charge in [0.15, 0.2) is 0 Å². The first-order valence-electron chi connectivity index (χ1n) is 6.54. The smallest absolute Gasteiger partial charge is 0.253 e. The summed E-state index contributed by atoms with van der Waals surface area (Å²) >= 11 is 0. The number of carbonyl (C=O) groups is 1. The number of rotatable bonds is 6. The molecule has 0 saturated heterocycles. The molecule has 0 bridgehead atoms. The van der Waals surface area contributed by atoms with Gasteiger partial charge in [-0.2, -0.15) is 0 Å². The Bertz CT molecular complexity index is 500. The van der Waals surface area contributed by atoms with Crippen molar-refractivity contribution in [2.24, 2.45) is 5.92 Å². The molecule has 1 fully saturated rings. The molecule has 1 aliphatic carbocycles. The lowest BCUT2D eigenvalue weighted by atomic mass is 10.1. The van der Waals surface area contributed by atoms with Crippen molar-refractivity contribution in [1.82, 2.24) is 5.32 Å². The van der Waals surface area contributed by atoms with Crippen LogP contribution in [0.5, 0.6) is 11.5 Å². The van der Waals surface area contributed by atoms with Crippen molar-refractivity contribution in [2.45, 2.75) is 18.9 Å². The van der Waals surface area contributed by atoms with Crippen LogP contribution in [0, 0.1) is 5.92 Å². The number of benzene rings is 1. The van der Waals surface area contributed by atoms with Gasteiger partial charge in [0, 0.05) is 12.6 Å². The van der Waals surface area contributed by atoms with Gasteiger partial charge in [-0.3, -0.25) is 4.79 Å². The zero-order chi connectivity index (χ0) is 14.7. The van der Waals surface area contributed by atoms with Crippen LogP contribution in [0.1, 0.15) is 23.2 Å². The van der Waals surface area contributed by atoms with E-state index in [-0.39, 0.29) is 23.7 Å². The number of nitrogens with two attached hydrogens (primary N) is 1. The fourth-order valence-electron chi connectivity index (χ4n) is 2.02. The maximum absolute atomic E-state index is 12.1. The minimum absolute atomic E-state index is 0.225. The summed E-state index contributed by atoms with van der Waals surface area (Å²) in [6.07, 6.45) is 1.55. The number of nitrogen functional groups attached to an aromatic ring is 1. The van der Waals surface area contributed by atoms with Gasteiger partial charge in [-0.25, -0.2) is 0 Å². The number of hydrogen-bond donors (Lipinski definition) is 3. The summed E-state index contributed by atoms with van der Waals surface area (Å²) in [6.45, 7) is 0.225. The molecular formula is C14H20N2O4. The van der Waals surface area contributed by atoms with Crippen LogP contribution >= 0.6 is 0 Å². The molecule has 20 heavy (non-hydrogen) atoms. The maximum atomic E-state index is 12.1. The molecule has 0 spiro atoms. The van der Waals surface area contributed by atoms with Crippen LogP contribution in [0.4, 0.5) is 5.69 Å². The summed E-state index contributed by atoms with van der Waals surface area (Å²) in [5.74, 6) is 0.841. The first-order valence-corrected chi connectivity index (χ1v) is 6.54. The number of hydrogen-bond acceptors (Lipinski definition) is 5. The van der Waals surface area contributed by atoms with Crippen molar-refractivity contribution >= 4 is 11.6 Å². The Kier molecular flexibility index (Phi) is 4.34. The highest BCUT2D eigenvalue weighted by atomic mass is 16.5. The van der Waals surface area contributed by atoms with E-state index in [4.69, 9.17) is 15.2 Å². The van der Waals surface area contributed by atoms with Gasteiger partial charge >= 0.3 is 0 Å². The van der Waals surface area contributed by atoms with Gasteiger partial charge in [-0.15, -0.1) is 0 Å². The molecule has 1 unspecified atom stereocenters. The molecule has 0 aromatic heterocycles. The lowest BCUT2D eigenvalue weighted by Gasteiger charge is -2.14. The monoisotopic (exact) mass is 280 g/mol. The quantitative estimate of drug-likeness (QED) is 0.670. The molecule has 1 aromatic rings. The Labute approximate surface area is 117 Å². The predicted octanol–water partition coefficient (Wildman–Crippen LogP) is 0.787. The van der Waals surface area contributed by atoms with Crippen molar-refractivity contribution in [3.63, 3.8) is 0 Å². The van der Waals surface area contributed by atoms with E-state index in [9.17, 15) is 9.90 Å². The summed E-state index contributed by atoms with van der Waals surface area (Å²) in [5.41, 5.74) is 6.43. The number of aliphatic hydroxyl groups is 1. The number of methoxy groups -OCH3 is 2. The third-order valence-electron chi connectivity index (χ3n) is 3.45. The summed E-state index contributed by atoms with van der Waals surface area (Å²) in [6, 6.07) is 3.17. The zero-order valence-electron chi connectivity index (χ0n) is 11.7. The number of anilines is 1. The summed E-state index contributed by atoms with van der Waals surface area (Å²) in [7, 11) is 2.98. The molecular weight excluding hydrogens is 260 g/mol. The molecule has 0 aliphatic heterocycles. The molecule has 6 heteroatoms. The number of ether oxygens (including phenoxy) is 2. The normalized spacial score (nSPS) is 15.6. The Morgan fingerprint density at radius 1 is 1.45 bits per heavy atom. The summed E-state index contributed by atoms with van der Waals surface area (Å²) in [4.78, 5) is 12.1. The number of carbonyl (C=O) groups excluding carboxylic acids is 1. The second-order valence-corrected chi connectivity index (χ2v) is 4.91. The van der Waals surface area contributed by atoms with Crippen LogP contribution in [0.2, 0.25) is 0 Å². The average Bonchev–Trinajstić information content (AvgIpc) is 3.29. The van der Waals surface area contributed by atoms with Crippen molar-refractivity contribution in [1.29, 1.82) is 0 Å². The molecule has 6 nitrogen and oxygen atoms in total. The van der Waals surface area contributed by atoms with Crippen LogP contribution < -0.4 is 20.5 Å². The highest BCUT2D eigenvalue weighted by molar-refractivity contribution is 6.01. The van der Waals surface area contributed by atoms with Gasteiger partial charge in [-0.1, -0.05) is 0 Å². The van der Waals surface area contributed by atoms with Crippen molar-refractivity contribution < 1.29 is 19.4 Å². The molecule has 0 radical (unpaired) electrons. The number of aliphatic hydroxyl groups excluding tert-OH is 1. The van der Waals surface area contributed by atoms with Gasteiger partial charge in [0.25, 0.3) is 5.91 Å². The molecule has 1 atom stereocenters. The zero-order valence-corrected chi connectivity index (χ0v) is 11.7. The van der Waals surface area contributed by atoms with Crippen LogP contribution in [-0.4, -0.2) is 37.9 Å². The topological polar surface area (TPSA) is 93.8 Å². The van der Waals surface area contributed by atoms with Gasteiger partial charge in [0.1, 0.15) is 11.5 Å². The van der Waals surface area contributed by atoms with E-state index in [1.54, 1.807) is 12.1 Å². The average molecular weight is 280 g/mol. The molecule has 0 heterocycles. The van der Waals surface area contributed by atoms with Crippen molar-refractivity contribution in [3.05, 3.63) is 17.7 Å². The fraction of sp³-hybridized carbons (Fsp3) is 0.500. The molecule has 1 saturated carbocycles. The van der Waals surface area contributed by atoms with Crippen molar-refractivity contribution in [3.8, 4) is 11.5 Å². The second-order valence-electron chi connectivity index (χ2n) is 4.91. The fourth-order valence-corrected chi connectivity index (χ4v) is 2.02. The predicted molar refractivity (Wildman–Crippen MR) is 75.0 cm³/mol. The SMILES string of the molecule is COc1cc(OC)c(N)c(C(=O)NCC(O)C2CC2)c1. The van der Waals surface area contributed by atoms with Crippen LogP contribution in [0.25, 0.3) is 0 Å². The first kappa shape index (κ1) is 14.5. The van der Waals surface area contributed by atoms with E-state index in [1.165, 1.54) is 14.2 Å². The minimum Gasteiger partial charge on any atom is -0.497 e. The molecule has 1 aliphatic rings. The van der Waals surface area contributed by atoms with Gasteiger partial charge < -0.3 is 25.6 Å². The van der Waals surface area contributed by atoms with E-state index in [1.807, 2.05) is 0 Å². The Hall–Kier alpha value is -1.95. The number of nitrogens with one attached hydrogen (secondary N) is 1. The third-order valence-corrected chi connectivity index (χ3v) is 3.45. The molecule has 1 amide bonds. The summed E-state index contributed by atoms with van der Waals surface area (Å²) in [5, 5.41) is 12.4. The van der Waals surface area contributed by atoms with E-state index >= 15 is 0 Å². The van der Waals surface area contributed by atoms with Gasteiger partial charge in [0.05, 0.1) is 31.6 Å². The molecule has 1 aromatic carbocycles. The Balaban J connectivity index is 2.11. The number of amides is 1. The lowest BCUT2D eigenvalue weighted by molar-refractivity contribution is 0.0901. The molecule has 2 rings (SSSR count). The van der Waals surface area contributed by atoms with Crippen molar-refractivity contribution in [2.75, 3.05) is 26.5 Å². The van der Waals surface area contributed by atoms with Crippen LogP contribution in [-0.2, 0) is 0 Å². The summed E-state index contributed by atoms with van der Waals surface area (Å²) < 4.78 is 10.2. The highest BCUT2D eigenvalue weighted by Gasteiger charge is 2.30. The van der Waals surface area contributed by atoms with Gasteiger partial charge in [0.2, 0.25) is 0 Å². The standard InChI is InChI=1S/C14H20N2O4/c1-19-9-5-10(13(15)12(6-9)20-2)14(18)16-7-11(17)8-3-4-8/h5-6,8,11,17H,3-4,7,15H2,1-2H3,(H,16,18). The van der Waals surface area contributed by atoms with E-state index < -0.39 is 6.10 Å². The Morgan fingerprint density at radius 2 is 2.15 bits per heavy atom. The Morgan fingerprint density at radius 3 is 2.70 bits per heavy atom. The van der Waals surface area contributed by atoms with Crippen LogP contribution in [0.3, 0.4) is 0 Å². The molecule has 4 N–H and O–H groups in total. The van der Waals surface area contributed by atoms with E-state index in [2.05, 4.69) is 5.32 Å². The lowest BCUT2D eigenvalue weighted by Crippen LogP contribution is -2.33. The van der Waals surface area contributed by atoms with Gasteiger partial charge in [-0.05, 0) is 24.8 Å². The van der Waals surface area contributed by atoms with E-state index in [0.717, 1.165) is 12.8 Å². The first-order chi connectivity index (χ1) is 9.56. The van der Waals surface area contributed by atoms with Crippen LogP contribution in [0.15, 0.2) is 12.1 Å². The third kappa shape index (κ3) is 3.14. The maximum Gasteiger partial charge on any atom is 0.253 e. The highest BCUT2D eigenvalue weighted by Crippen LogP contribution is 2.33. The largest absolute Gasteiger partial charge is 0.497 e. The second kappa shape index (κ2) is 6.00. The van der Waals surface area contributed by atoms with E-state index in [0.29, 0.717) is 17.4 Å². The minimum atomic E-state index is -0.493. The molecule has 110 valence electrons.